The molecule has 0 aromatic heterocycles. The number of hydrogen-bond acceptors (Lipinski definition) is 5. The monoisotopic (exact) mass is 295 g/mol. The Bertz CT molecular complexity index is 589. The van der Waals surface area contributed by atoms with Crippen LogP contribution in [-0.2, 0) is 10.3 Å². The Morgan fingerprint density at radius 2 is 2.00 bits per heavy atom. The van der Waals surface area contributed by atoms with Crippen LogP contribution in [0.25, 0.3) is 0 Å². The van der Waals surface area contributed by atoms with Gasteiger partial charge in [-0.15, -0.1) is 0 Å². The lowest BCUT2D eigenvalue weighted by Gasteiger charge is -2.30. The fraction of sp³-hybridized carbons (Fsp3) is 0.500. The molecule has 5 nitrogen and oxygen atoms in total. The number of nitrogens with zero attached hydrogens (tertiary/aromatic N) is 1. The lowest BCUT2D eigenvalue weighted by atomic mass is 9.87. The minimum Gasteiger partial charge on any atom is -0.506 e. The lowest BCUT2D eigenvalue weighted by Crippen LogP contribution is -2.24. The van der Waals surface area contributed by atoms with Gasteiger partial charge in [-0.2, -0.15) is 4.99 Å². The van der Waals surface area contributed by atoms with Crippen LogP contribution in [0.1, 0.15) is 31.2 Å². The molecule has 1 N–H and O–H groups in total. The molecular formula is C14H14ClNO4. The first-order chi connectivity index (χ1) is 9.68. The molecule has 106 valence electrons. The average molecular weight is 296 g/mol. The van der Waals surface area contributed by atoms with Gasteiger partial charge in [-0.05, 0) is 12.8 Å². The van der Waals surface area contributed by atoms with Crippen molar-refractivity contribution in [2.45, 2.75) is 31.2 Å². The van der Waals surface area contributed by atoms with E-state index >= 15 is 0 Å². The molecule has 1 fully saturated rings. The van der Waals surface area contributed by atoms with Crippen molar-refractivity contribution in [3.05, 3.63) is 16.7 Å². The summed E-state index contributed by atoms with van der Waals surface area (Å²) in [6.45, 7) is 0.819. The van der Waals surface area contributed by atoms with Crippen molar-refractivity contribution < 1.29 is 19.4 Å². The van der Waals surface area contributed by atoms with Gasteiger partial charge in [-0.25, -0.2) is 4.79 Å². The summed E-state index contributed by atoms with van der Waals surface area (Å²) < 4.78 is 11.2. The summed E-state index contributed by atoms with van der Waals surface area (Å²) in [4.78, 5) is 14.8. The Labute approximate surface area is 121 Å². The Balaban J connectivity index is 2.26. The van der Waals surface area contributed by atoms with Crippen LogP contribution in [0.4, 0.5) is 0 Å². The molecular weight excluding hydrogens is 282 g/mol. The van der Waals surface area contributed by atoms with E-state index in [1.165, 1.54) is 6.07 Å². The third kappa shape index (κ3) is 1.94. The standard InChI is InChI=1S/C14H14ClNO4/c15-9-7-10-13(20-6-5-19-10)11(12(9)18)14(16-8-17)3-1-2-4-14/h7,18H,1-6H2. The largest absolute Gasteiger partial charge is 0.506 e. The van der Waals surface area contributed by atoms with Crippen molar-refractivity contribution in [3.63, 3.8) is 0 Å². The van der Waals surface area contributed by atoms with Gasteiger partial charge in [0.25, 0.3) is 0 Å². The summed E-state index contributed by atoms with van der Waals surface area (Å²) in [6, 6.07) is 1.53. The molecule has 0 saturated heterocycles. The number of hydrogen-bond donors (Lipinski definition) is 1. The molecule has 0 radical (unpaired) electrons. The Morgan fingerprint density at radius 1 is 1.30 bits per heavy atom. The van der Waals surface area contributed by atoms with E-state index in [0.717, 1.165) is 12.8 Å². The number of aliphatic imine (C=N–C) groups is 1. The van der Waals surface area contributed by atoms with Gasteiger partial charge in [0.05, 0.1) is 10.6 Å². The molecule has 1 aliphatic carbocycles. The highest BCUT2D eigenvalue weighted by Gasteiger charge is 2.42. The molecule has 0 bridgehead atoms. The molecule has 0 atom stereocenters. The number of aromatic hydroxyl groups is 1. The van der Waals surface area contributed by atoms with Gasteiger partial charge >= 0.3 is 0 Å². The number of fused-ring (bicyclic) bond motifs is 1. The van der Waals surface area contributed by atoms with Crippen molar-refractivity contribution in [3.8, 4) is 17.2 Å². The van der Waals surface area contributed by atoms with Gasteiger partial charge in [-0.1, -0.05) is 24.4 Å². The summed E-state index contributed by atoms with van der Waals surface area (Å²) in [5, 5.41) is 10.5. The molecule has 0 spiro atoms. The van der Waals surface area contributed by atoms with Gasteiger partial charge in [0.2, 0.25) is 6.08 Å². The van der Waals surface area contributed by atoms with Crippen molar-refractivity contribution in [2.75, 3.05) is 13.2 Å². The minimum atomic E-state index is -0.804. The van der Waals surface area contributed by atoms with E-state index in [-0.39, 0.29) is 10.8 Å². The summed E-state index contributed by atoms with van der Waals surface area (Å²) in [7, 11) is 0. The zero-order chi connectivity index (χ0) is 14.2. The van der Waals surface area contributed by atoms with E-state index in [2.05, 4.69) is 4.99 Å². The maximum Gasteiger partial charge on any atom is 0.235 e. The number of phenolic OH excluding ortho intramolecular Hbond substituents is 1. The smallest absolute Gasteiger partial charge is 0.235 e. The summed E-state index contributed by atoms with van der Waals surface area (Å²) in [6.07, 6.45) is 4.79. The summed E-state index contributed by atoms with van der Waals surface area (Å²) >= 11 is 6.07. The Hall–Kier alpha value is -1.71. The molecule has 3 rings (SSSR count). The normalized spacial score (nSPS) is 19.4. The molecule has 1 aromatic rings. The number of ether oxygens (including phenoxy) is 2. The van der Waals surface area contributed by atoms with Crippen LogP contribution in [0.2, 0.25) is 5.02 Å². The number of carbonyl (C=O) groups excluding carboxylic acids is 1. The summed E-state index contributed by atoms with van der Waals surface area (Å²) in [5.41, 5.74) is -0.345. The van der Waals surface area contributed by atoms with Crippen molar-refractivity contribution >= 4 is 17.7 Å². The fourth-order valence-corrected chi connectivity index (χ4v) is 3.24. The van der Waals surface area contributed by atoms with Crippen LogP contribution in [0, 0.1) is 0 Å². The molecule has 0 amide bonds. The van der Waals surface area contributed by atoms with E-state index in [1.54, 1.807) is 6.08 Å². The zero-order valence-electron chi connectivity index (χ0n) is 10.8. The molecule has 20 heavy (non-hydrogen) atoms. The van der Waals surface area contributed by atoms with Crippen molar-refractivity contribution in [1.29, 1.82) is 0 Å². The third-order valence-electron chi connectivity index (χ3n) is 3.91. The zero-order valence-corrected chi connectivity index (χ0v) is 11.6. The second-order valence-corrected chi connectivity index (χ2v) is 5.46. The Morgan fingerprint density at radius 3 is 2.70 bits per heavy atom. The van der Waals surface area contributed by atoms with E-state index in [0.29, 0.717) is 43.1 Å². The molecule has 0 unspecified atom stereocenters. The van der Waals surface area contributed by atoms with Crippen LogP contribution in [0.5, 0.6) is 17.2 Å². The van der Waals surface area contributed by atoms with Crippen LogP contribution >= 0.6 is 11.6 Å². The first kappa shape index (κ1) is 13.3. The van der Waals surface area contributed by atoms with Crippen LogP contribution < -0.4 is 9.47 Å². The minimum absolute atomic E-state index is 0.0863. The van der Waals surface area contributed by atoms with Crippen LogP contribution in [-0.4, -0.2) is 24.4 Å². The number of rotatable bonds is 2. The van der Waals surface area contributed by atoms with Gasteiger partial charge < -0.3 is 14.6 Å². The molecule has 1 saturated carbocycles. The van der Waals surface area contributed by atoms with E-state index in [9.17, 15) is 9.90 Å². The maximum absolute atomic E-state index is 10.8. The summed E-state index contributed by atoms with van der Waals surface area (Å²) in [5.74, 6) is 0.845. The average Bonchev–Trinajstić information content (AvgIpc) is 2.90. The first-order valence-corrected chi connectivity index (χ1v) is 6.96. The van der Waals surface area contributed by atoms with Crippen LogP contribution in [0.3, 0.4) is 0 Å². The van der Waals surface area contributed by atoms with Gasteiger partial charge in [0, 0.05) is 6.07 Å². The van der Waals surface area contributed by atoms with Gasteiger partial charge in [-0.3, -0.25) is 0 Å². The van der Waals surface area contributed by atoms with Crippen molar-refractivity contribution in [1.82, 2.24) is 0 Å². The third-order valence-corrected chi connectivity index (χ3v) is 4.20. The molecule has 1 aromatic carbocycles. The number of isocyanates is 1. The SMILES string of the molecule is O=C=NC1(c2c(O)c(Cl)cc3c2OCCO3)CCCC1. The second-order valence-electron chi connectivity index (χ2n) is 5.05. The molecule has 1 aliphatic heterocycles. The topological polar surface area (TPSA) is 68.1 Å². The molecule has 2 aliphatic rings. The van der Waals surface area contributed by atoms with E-state index in [4.69, 9.17) is 21.1 Å². The van der Waals surface area contributed by atoms with E-state index in [1.807, 2.05) is 0 Å². The fourth-order valence-electron chi connectivity index (χ4n) is 3.04. The lowest BCUT2D eigenvalue weighted by molar-refractivity contribution is 0.165. The highest BCUT2D eigenvalue weighted by molar-refractivity contribution is 6.32. The number of benzene rings is 1. The first-order valence-electron chi connectivity index (χ1n) is 6.58. The maximum atomic E-state index is 10.8. The number of halogens is 1. The molecule has 6 heteroatoms. The Kier molecular flexibility index (Phi) is 3.32. The quantitative estimate of drug-likeness (QED) is 0.673. The number of phenols is 1. The predicted octanol–water partition coefficient (Wildman–Crippen LogP) is 2.92. The van der Waals surface area contributed by atoms with E-state index < -0.39 is 5.54 Å². The van der Waals surface area contributed by atoms with Crippen LogP contribution in [0.15, 0.2) is 11.1 Å². The highest BCUT2D eigenvalue weighted by Crippen LogP contribution is 2.54. The highest BCUT2D eigenvalue weighted by atomic mass is 35.5. The predicted molar refractivity (Wildman–Crippen MR) is 72.4 cm³/mol. The molecule has 1 heterocycles. The second kappa shape index (κ2) is 5.00. The van der Waals surface area contributed by atoms with Gasteiger partial charge in [0.15, 0.2) is 11.5 Å². The van der Waals surface area contributed by atoms with Gasteiger partial charge in [0.1, 0.15) is 24.5 Å². The van der Waals surface area contributed by atoms with Crippen molar-refractivity contribution in [2.24, 2.45) is 4.99 Å².